The van der Waals surface area contributed by atoms with E-state index in [0.29, 0.717) is 29.4 Å². The van der Waals surface area contributed by atoms with Gasteiger partial charge in [-0.2, -0.15) is 0 Å². The number of fused-ring (bicyclic) bond motifs is 1. The van der Waals surface area contributed by atoms with Crippen LogP contribution in [-0.4, -0.2) is 28.4 Å². The molecule has 0 aliphatic carbocycles. The summed E-state index contributed by atoms with van der Waals surface area (Å²) in [6.07, 6.45) is 5.19. The zero-order valence-electron chi connectivity index (χ0n) is 19.0. The highest BCUT2D eigenvalue weighted by molar-refractivity contribution is 5.72. The number of aryl methyl sites for hydroxylation is 1. The summed E-state index contributed by atoms with van der Waals surface area (Å²) in [5, 5.41) is 4.33. The monoisotopic (exact) mass is 468 g/mol. The lowest BCUT2D eigenvalue weighted by molar-refractivity contribution is 0.399. The second kappa shape index (κ2) is 8.55. The molecule has 34 heavy (non-hydrogen) atoms. The van der Waals surface area contributed by atoms with Gasteiger partial charge in [-0.15, -0.1) is 0 Å². The van der Waals surface area contributed by atoms with Gasteiger partial charge >= 0.3 is 0 Å². The molecule has 3 heterocycles. The van der Waals surface area contributed by atoms with Crippen molar-refractivity contribution in [2.45, 2.75) is 32.7 Å². The van der Waals surface area contributed by atoms with E-state index in [1.54, 1.807) is 20.4 Å². The molecular formula is C25H23F3N4O2. The molecule has 0 saturated carbocycles. The lowest BCUT2D eigenvalue weighted by Crippen LogP contribution is -2.31. The number of ether oxygens (including phenoxy) is 1. The second-order valence-corrected chi connectivity index (χ2v) is 8.40. The van der Waals surface area contributed by atoms with E-state index in [2.05, 4.69) is 10.1 Å². The SMILES string of the molecule is COc1cc(-c2noc3c2CCCN3[C@@H](C)c2cc(F)c(F)c(F)c2)ccc1-n1cnc(C)c1. The number of hydrogen-bond acceptors (Lipinski definition) is 5. The van der Waals surface area contributed by atoms with Crippen molar-refractivity contribution in [1.82, 2.24) is 14.7 Å². The molecule has 6 nitrogen and oxygen atoms in total. The van der Waals surface area contributed by atoms with Crippen LogP contribution in [0.2, 0.25) is 0 Å². The smallest absolute Gasteiger partial charge is 0.231 e. The summed E-state index contributed by atoms with van der Waals surface area (Å²) in [6, 6.07) is 7.38. The minimum absolute atomic E-state index is 0.323. The van der Waals surface area contributed by atoms with Crippen molar-refractivity contribution in [1.29, 1.82) is 0 Å². The summed E-state index contributed by atoms with van der Waals surface area (Å²) in [5.74, 6) is -2.69. The Morgan fingerprint density at radius 3 is 2.56 bits per heavy atom. The Balaban J connectivity index is 1.50. The molecule has 0 unspecified atom stereocenters. The van der Waals surface area contributed by atoms with Crippen LogP contribution in [0.1, 0.15) is 36.2 Å². The van der Waals surface area contributed by atoms with E-state index in [4.69, 9.17) is 9.26 Å². The Labute approximate surface area is 194 Å². The Morgan fingerprint density at radius 1 is 1.12 bits per heavy atom. The molecular weight excluding hydrogens is 445 g/mol. The highest BCUT2D eigenvalue weighted by atomic mass is 19.2. The number of anilines is 1. The summed E-state index contributed by atoms with van der Waals surface area (Å²) in [6.45, 7) is 4.33. The molecule has 1 aliphatic rings. The predicted molar refractivity (Wildman–Crippen MR) is 121 cm³/mol. The van der Waals surface area contributed by atoms with Crippen molar-refractivity contribution in [3.8, 4) is 22.7 Å². The topological polar surface area (TPSA) is 56.3 Å². The quantitative estimate of drug-likeness (QED) is 0.348. The van der Waals surface area contributed by atoms with Crippen molar-refractivity contribution >= 4 is 5.88 Å². The van der Waals surface area contributed by atoms with Crippen LogP contribution in [0.4, 0.5) is 19.1 Å². The molecule has 1 atom stereocenters. The summed E-state index contributed by atoms with van der Waals surface area (Å²) in [4.78, 5) is 6.17. The number of imidazole rings is 1. The number of benzene rings is 2. The van der Waals surface area contributed by atoms with Crippen LogP contribution in [0.25, 0.3) is 16.9 Å². The molecule has 4 aromatic rings. The van der Waals surface area contributed by atoms with Gasteiger partial charge < -0.3 is 18.7 Å². The first-order chi connectivity index (χ1) is 16.4. The predicted octanol–water partition coefficient (Wildman–Crippen LogP) is 5.78. The molecule has 0 N–H and O–H groups in total. The number of rotatable bonds is 5. The maximum absolute atomic E-state index is 13.8. The van der Waals surface area contributed by atoms with Crippen LogP contribution in [0.15, 0.2) is 47.4 Å². The van der Waals surface area contributed by atoms with Gasteiger partial charge in [0.15, 0.2) is 17.5 Å². The first-order valence-corrected chi connectivity index (χ1v) is 11.0. The van der Waals surface area contributed by atoms with E-state index in [9.17, 15) is 13.2 Å². The second-order valence-electron chi connectivity index (χ2n) is 8.40. The molecule has 9 heteroatoms. The van der Waals surface area contributed by atoms with Gasteiger partial charge in [0.2, 0.25) is 5.88 Å². The zero-order chi connectivity index (χ0) is 24.0. The summed E-state index contributed by atoms with van der Waals surface area (Å²) in [7, 11) is 1.61. The van der Waals surface area contributed by atoms with E-state index in [1.807, 2.05) is 40.8 Å². The molecule has 0 spiro atoms. The normalized spacial score (nSPS) is 14.2. The van der Waals surface area contributed by atoms with E-state index in [0.717, 1.165) is 47.5 Å². The van der Waals surface area contributed by atoms with Crippen LogP contribution >= 0.6 is 0 Å². The minimum atomic E-state index is -1.47. The maximum atomic E-state index is 13.8. The highest BCUT2D eigenvalue weighted by Gasteiger charge is 2.31. The summed E-state index contributed by atoms with van der Waals surface area (Å²) in [5.41, 5.74) is 4.50. The first-order valence-electron chi connectivity index (χ1n) is 11.0. The standard InChI is InChI=1S/C25H23F3N4O2/c1-14-12-31(13-29-14)21-7-6-16(11-22(21)33-3)24-18-5-4-8-32(25(18)34-30-24)15(2)17-9-19(26)23(28)20(27)10-17/h6-7,9-13,15H,4-5,8H2,1-3H3/t15-/m0/s1. The number of nitrogens with zero attached hydrogens (tertiary/aromatic N) is 4. The lowest BCUT2D eigenvalue weighted by atomic mass is 9.97. The van der Waals surface area contributed by atoms with Crippen LogP contribution < -0.4 is 9.64 Å². The third-order valence-electron chi connectivity index (χ3n) is 6.25. The maximum Gasteiger partial charge on any atom is 0.231 e. The summed E-state index contributed by atoms with van der Waals surface area (Å²) < 4.78 is 54.3. The first kappa shape index (κ1) is 22.1. The molecule has 2 aromatic carbocycles. The fraction of sp³-hybridized carbons (Fsp3) is 0.280. The Kier molecular flexibility index (Phi) is 5.55. The van der Waals surface area contributed by atoms with Gasteiger partial charge in [0.05, 0.1) is 30.9 Å². The van der Waals surface area contributed by atoms with Crippen LogP contribution in [0.3, 0.4) is 0 Å². The molecule has 0 saturated heterocycles. The molecule has 176 valence electrons. The van der Waals surface area contributed by atoms with Crippen molar-refractivity contribution in [2.24, 2.45) is 0 Å². The molecule has 5 rings (SSSR count). The lowest BCUT2D eigenvalue weighted by Gasteiger charge is -2.32. The molecule has 0 fully saturated rings. The number of hydrogen-bond donors (Lipinski definition) is 0. The summed E-state index contributed by atoms with van der Waals surface area (Å²) >= 11 is 0. The molecule has 0 bridgehead atoms. The van der Waals surface area contributed by atoms with Crippen LogP contribution in [0.5, 0.6) is 5.75 Å². The van der Waals surface area contributed by atoms with Gasteiger partial charge in [0.25, 0.3) is 0 Å². The fourth-order valence-corrected chi connectivity index (χ4v) is 4.46. The van der Waals surface area contributed by atoms with Crippen LogP contribution in [-0.2, 0) is 6.42 Å². The molecule has 0 radical (unpaired) electrons. The van der Waals surface area contributed by atoms with Gasteiger partial charge in [-0.25, -0.2) is 18.2 Å². The van der Waals surface area contributed by atoms with Crippen molar-refractivity contribution in [3.63, 3.8) is 0 Å². The Morgan fingerprint density at radius 2 is 1.88 bits per heavy atom. The average molecular weight is 468 g/mol. The highest BCUT2D eigenvalue weighted by Crippen LogP contribution is 2.41. The van der Waals surface area contributed by atoms with Gasteiger partial charge in [-0.1, -0.05) is 11.2 Å². The Hall–Kier alpha value is -3.75. The van der Waals surface area contributed by atoms with E-state index in [1.165, 1.54) is 0 Å². The van der Waals surface area contributed by atoms with E-state index < -0.39 is 23.5 Å². The van der Waals surface area contributed by atoms with Crippen molar-refractivity contribution < 1.29 is 22.4 Å². The molecule has 0 amide bonds. The van der Waals surface area contributed by atoms with Gasteiger partial charge in [-0.05, 0) is 56.5 Å². The Bertz CT molecular complexity index is 1340. The average Bonchev–Trinajstić information content (AvgIpc) is 3.47. The third kappa shape index (κ3) is 3.70. The number of methoxy groups -OCH3 is 1. The van der Waals surface area contributed by atoms with Gasteiger partial charge in [0.1, 0.15) is 11.4 Å². The van der Waals surface area contributed by atoms with Crippen LogP contribution in [0, 0.1) is 24.4 Å². The van der Waals surface area contributed by atoms with E-state index in [-0.39, 0.29) is 0 Å². The zero-order valence-corrected chi connectivity index (χ0v) is 19.0. The fourth-order valence-electron chi connectivity index (χ4n) is 4.46. The minimum Gasteiger partial charge on any atom is -0.495 e. The largest absolute Gasteiger partial charge is 0.495 e. The molecule has 1 aliphatic heterocycles. The number of aromatic nitrogens is 3. The number of halogens is 3. The van der Waals surface area contributed by atoms with Crippen molar-refractivity contribution in [2.75, 3.05) is 18.6 Å². The van der Waals surface area contributed by atoms with Crippen molar-refractivity contribution in [3.05, 3.63) is 77.1 Å². The molecule has 2 aromatic heterocycles. The van der Waals surface area contributed by atoms with E-state index >= 15 is 0 Å². The van der Waals surface area contributed by atoms with Gasteiger partial charge in [-0.3, -0.25) is 0 Å². The third-order valence-corrected chi connectivity index (χ3v) is 6.25. The van der Waals surface area contributed by atoms with Gasteiger partial charge in [0, 0.05) is 23.9 Å².